The SMILES string of the molecule is CCC1(C(C)C)c2cocc2CCC1C(C)(C)C. The van der Waals surface area contributed by atoms with Gasteiger partial charge in [0, 0.05) is 11.0 Å². The van der Waals surface area contributed by atoms with Gasteiger partial charge in [-0.05, 0) is 42.1 Å². The highest BCUT2D eigenvalue weighted by Crippen LogP contribution is 2.55. The molecule has 0 aromatic carbocycles. The lowest BCUT2D eigenvalue weighted by Crippen LogP contribution is -2.48. The van der Waals surface area contributed by atoms with Crippen molar-refractivity contribution in [3.63, 3.8) is 0 Å². The van der Waals surface area contributed by atoms with Crippen LogP contribution in [0.15, 0.2) is 16.9 Å². The lowest BCUT2D eigenvalue weighted by atomic mass is 9.51. The summed E-state index contributed by atoms with van der Waals surface area (Å²) in [5.74, 6) is 1.39. The smallest absolute Gasteiger partial charge is 0.0943 e. The van der Waals surface area contributed by atoms with E-state index in [2.05, 4.69) is 41.5 Å². The van der Waals surface area contributed by atoms with Crippen LogP contribution in [0.5, 0.6) is 0 Å². The molecule has 1 nitrogen and oxygen atoms in total. The minimum atomic E-state index is 0.291. The topological polar surface area (TPSA) is 13.1 Å². The fraction of sp³-hybridized carbons (Fsp3) is 0.765. The standard InChI is InChI=1S/C17H28O/c1-7-17(12(2)3)14-11-18-10-13(14)8-9-15(17)16(4,5)6/h10-12,15H,7-9H2,1-6H3. The van der Waals surface area contributed by atoms with E-state index in [1.807, 2.05) is 12.5 Å². The average molecular weight is 248 g/mol. The van der Waals surface area contributed by atoms with E-state index in [1.54, 1.807) is 0 Å². The largest absolute Gasteiger partial charge is 0.472 e. The maximum Gasteiger partial charge on any atom is 0.0943 e. The second-order valence-electron chi connectivity index (χ2n) is 7.32. The van der Waals surface area contributed by atoms with Gasteiger partial charge in [-0.25, -0.2) is 0 Å². The predicted molar refractivity (Wildman–Crippen MR) is 76.8 cm³/mol. The van der Waals surface area contributed by atoms with Crippen molar-refractivity contribution < 1.29 is 4.42 Å². The highest BCUT2D eigenvalue weighted by Gasteiger charge is 2.50. The Morgan fingerprint density at radius 3 is 2.50 bits per heavy atom. The molecule has 0 saturated heterocycles. The molecule has 0 fully saturated rings. The molecule has 1 heteroatoms. The van der Waals surface area contributed by atoms with Crippen LogP contribution in [0.4, 0.5) is 0 Å². The molecule has 1 aromatic rings. The second-order valence-corrected chi connectivity index (χ2v) is 7.32. The van der Waals surface area contributed by atoms with Crippen LogP contribution >= 0.6 is 0 Å². The van der Waals surface area contributed by atoms with E-state index in [9.17, 15) is 0 Å². The summed E-state index contributed by atoms with van der Waals surface area (Å²) < 4.78 is 5.54. The van der Waals surface area contributed by atoms with Gasteiger partial charge in [-0.2, -0.15) is 0 Å². The third kappa shape index (κ3) is 1.83. The molecule has 2 atom stereocenters. The van der Waals surface area contributed by atoms with Crippen molar-refractivity contribution in [1.82, 2.24) is 0 Å². The Bertz CT molecular complexity index is 407. The highest BCUT2D eigenvalue weighted by atomic mass is 16.3. The van der Waals surface area contributed by atoms with Crippen molar-refractivity contribution in [3.05, 3.63) is 23.7 Å². The van der Waals surface area contributed by atoms with Crippen LogP contribution in [0, 0.1) is 17.3 Å². The van der Waals surface area contributed by atoms with Crippen molar-refractivity contribution in [2.24, 2.45) is 17.3 Å². The summed E-state index contributed by atoms with van der Waals surface area (Å²) >= 11 is 0. The Kier molecular flexibility index (Phi) is 3.38. The van der Waals surface area contributed by atoms with Crippen LogP contribution < -0.4 is 0 Å². The van der Waals surface area contributed by atoms with Crippen LogP contribution in [-0.4, -0.2) is 0 Å². The summed E-state index contributed by atoms with van der Waals surface area (Å²) in [6, 6.07) is 0. The van der Waals surface area contributed by atoms with Gasteiger partial charge in [-0.1, -0.05) is 41.5 Å². The zero-order chi connectivity index (χ0) is 13.6. The van der Waals surface area contributed by atoms with Gasteiger partial charge in [-0.15, -0.1) is 0 Å². The van der Waals surface area contributed by atoms with E-state index in [0.717, 1.165) is 5.92 Å². The predicted octanol–water partition coefficient (Wildman–Crippen LogP) is 5.19. The molecule has 0 aliphatic heterocycles. The maximum absolute atomic E-state index is 5.54. The van der Waals surface area contributed by atoms with Crippen molar-refractivity contribution in [1.29, 1.82) is 0 Å². The van der Waals surface area contributed by atoms with Gasteiger partial charge in [0.05, 0.1) is 12.5 Å². The molecular weight excluding hydrogens is 220 g/mol. The third-order valence-corrected chi connectivity index (χ3v) is 5.23. The van der Waals surface area contributed by atoms with Crippen LogP contribution in [-0.2, 0) is 11.8 Å². The number of hydrogen-bond donors (Lipinski definition) is 0. The zero-order valence-electron chi connectivity index (χ0n) is 12.8. The van der Waals surface area contributed by atoms with Gasteiger partial charge in [0.25, 0.3) is 0 Å². The first-order valence-corrected chi connectivity index (χ1v) is 7.39. The quantitative estimate of drug-likeness (QED) is 0.702. The van der Waals surface area contributed by atoms with Gasteiger partial charge in [0.15, 0.2) is 0 Å². The van der Waals surface area contributed by atoms with Crippen molar-refractivity contribution in [2.45, 2.75) is 66.2 Å². The molecular formula is C17H28O. The van der Waals surface area contributed by atoms with Gasteiger partial charge >= 0.3 is 0 Å². The molecule has 0 amide bonds. The van der Waals surface area contributed by atoms with Gasteiger partial charge in [0.2, 0.25) is 0 Å². The lowest BCUT2D eigenvalue weighted by Gasteiger charge is -2.52. The Balaban J connectivity index is 2.59. The summed E-state index contributed by atoms with van der Waals surface area (Å²) in [5.41, 5.74) is 3.59. The molecule has 102 valence electrons. The van der Waals surface area contributed by atoms with E-state index in [4.69, 9.17) is 4.42 Å². The number of aryl methyl sites for hydroxylation is 1. The average Bonchev–Trinajstić information content (AvgIpc) is 2.73. The number of fused-ring (bicyclic) bond motifs is 1. The molecule has 0 radical (unpaired) electrons. The number of furan rings is 1. The minimum absolute atomic E-state index is 0.291. The number of hydrogen-bond acceptors (Lipinski definition) is 1. The first kappa shape index (κ1) is 13.7. The fourth-order valence-corrected chi connectivity index (χ4v) is 4.43. The van der Waals surface area contributed by atoms with Gasteiger partial charge in [-0.3, -0.25) is 0 Å². The molecule has 18 heavy (non-hydrogen) atoms. The molecule has 1 aliphatic carbocycles. The summed E-state index contributed by atoms with van der Waals surface area (Å²) in [5, 5.41) is 0. The molecule has 2 rings (SSSR count). The third-order valence-electron chi connectivity index (χ3n) is 5.23. The Hall–Kier alpha value is -0.720. The molecule has 1 aromatic heterocycles. The lowest BCUT2D eigenvalue weighted by molar-refractivity contribution is 0.0607. The first-order valence-electron chi connectivity index (χ1n) is 7.39. The van der Waals surface area contributed by atoms with Crippen molar-refractivity contribution >= 4 is 0 Å². The first-order chi connectivity index (χ1) is 8.34. The fourth-order valence-electron chi connectivity index (χ4n) is 4.43. The summed E-state index contributed by atoms with van der Waals surface area (Å²) in [4.78, 5) is 0. The van der Waals surface area contributed by atoms with E-state index in [1.165, 1.54) is 30.4 Å². The zero-order valence-corrected chi connectivity index (χ0v) is 12.8. The van der Waals surface area contributed by atoms with E-state index in [0.29, 0.717) is 16.7 Å². The molecule has 1 aliphatic rings. The summed E-state index contributed by atoms with van der Waals surface area (Å²) in [6.45, 7) is 14.3. The molecule has 2 unspecified atom stereocenters. The van der Waals surface area contributed by atoms with Gasteiger partial charge < -0.3 is 4.42 Å². The van der Waals surface area contributed by atoms with Crippen molar-refractivity contribution in [3.8, 4) is 0 Å². The Labute approximate surface area is 112 Å². The summed E-state index contributed by atoms with van der Waals surface area (Å²) in [6.07, 6.45) is 7.68. The monoisotopic (exact) mass is 248 g/mol. The van der Waals surface area contributed by atoms with Crippen LogP contribution in [0.25, 0.3) is 0 Å². The molecule has 0 spiro atoms. The van der Waals surface area contributed by atoms with E-state index < -0.39 is 0 Å². The van der Waals surface area contributed by atoms with Crippen LogP contribution in [0.1, 0.15) is 65.5 Å². The minimum Gasteiger partial charge on any atom is -0.472 e. The molecule has 0 saturated carbocycles. The maximum atomic E-state index is 5.54. The highest BCUT2D eigenvalue weighted by molar-refractivity contribution is 5.35. The van der Waals surface area contributed by atoms with Crippen LogP contribution in [0.3, 0.4) is 0 Å². The van der Waals surface area contributed by atoms with Crippen molar-refractivity contribution in [2.75, 3.05) is 0 Å². The Morgan fingerprint density at radius 2 is 2.00 bits per heavy atom. The molecule has 0 N–H and O–H groups in total. The molecule has 0 bridgehead atoms. The molecule has 1 heterocycles. The summed E-state index contributed by atoms with van der Waals surface area (Å²) in [7, 11) is 0. The van der Waals surface area contributed by atoms with E-state index in [-0.39, 0.29) is 0 Å². The number of rotatable bonds is 2. The normalized spacial score (nSPS) is 28.5. The Morgan fingerprint density at radius 1 is 1.33 bits per heavy atom. The van der Waals surface area contributed by atoms with E-state index >= 15 is 0 Å². The van der Waals surface area contributed by atoms with Crippen LogP contribution in [0.2, 0.25) is 0 Å². The second kappa shape index (κ2) is 4.43. The van der Waals surface area contributed by atoms with Gasteiger partial charge in [0.1, 0.15) is 0 Å².